The Morgan fingerprint density at radius 2 is 1.88 bits per heavy atom. The fourth-order valence-corrected chi connectivity index (χ4v) is 2.13. The second-order valence-corrected chi connectivity index (χ2v) is 4.42. The molecule has 2 fully saturated rings. The molecule has 2 rings (SSSR count). The average molecular weight is 242 g/mol. The van der Waals surface area contributed by atoms with Crippen LogP contribution in [-0.4, -0.2) is 81.4 Å². The molecular formula is C11H22N4O2. The first-order valence-electron chi connectivity index (χ1n) is 6.40. The highest BCUT2D eigenvalue weighted by Gasteiger charge is 2.16. The first kappa shape index (κ1) is 12.6. The number of amides is 2. The molecule has 17 heavy (non-hydrogen) atoms. The third-order valence-electron chi connectivity index (χ3n) is 3.21. The Morgan fingerprint density at radius 1 is 1.18 bits per heavy atom. The number of ether oxygens (including phenoxy) is 1. The van der Waals surface area contributed by atoms with E-state index >= 15 is 0 Å². The number of piperazine rings is 1. The maximum Gasteiger partial charge on any atom is 0.317 e. The second kappa shape index (κ2) is 6.78. The van der Waals surface area contributed by atoms with Crippen molar-refractivity contribution in [3.8, 4) is 0 Å². The van der Waals surface area contributed by atoms with Crippen LogP contribution in [0, 0.1) is 0 Å². The molecule has 6 heteroatoms. The van der Waals surface area contributed by atoms with Gasteiger partial charge in [0.25, 0.3) is 0 Å². The van der Waals surface area contributed by atoms with Gasteiger partial charge in [-0.2, -0.15) is 0 Å². The molecule has 2 saturated heterocycles. The highest BCUT2D eigenvalue weighted by Crippen LogP contribution is 1.97. The van der Waals surface area contributed by atoms with E-state index in [0.717, 1.165) is 39.3 Å². The Kier molecular flexibility index (Phi) is 5.03. The minimum atomic E-state index is 0.0448. The summed E-state index contributed by atoms with van der Waals surface area (Å²) in [5.41, 5.74) is 0. The van der Waals surface area contributed by atoms with Gasteiger partial charge in [-0.1, -0.05) is 0 Å². The van der Waals surface area contributed by atoms with E-state index in [-0.39, 0.29) is 6.03 Å². The van der Waals surface area contributed by atoms with Gasteiger partial charge < -0.3 is 20.3 Å². The van der Waals surface area contributed by atoms with Crippen LogP contribution in [0.15, 0.2) is 0 Å². The van der Waals surface area contributed by atoms with Crippen LogP contribution >= 0.6 is 0 Å². The second-order valence-electron chi connectivity index (χ2n) is 4.42. The largest absolute Gasteiger partial charge is 0.378 e. The molecule has 2 amide bonds. The summed E-state index contributed by atoms with van der Waals surface area (Å²) in [6.07, 6.45) is 0. The van der Waals surface area contributed by atoms with Gasteiger partial charge in [-0.05, 0) is 0 Å². The Hall–Kier alpha value is -0.850. The molecule has 0 aromatic rings. The van der Waals surface area contributed by atoms with Crippen molar-refractivity contribution in [2.75, 3.05) is 65.6 Å². The number of carbonyl (C=O) groups excluding carboxylic acids is 1. The van der Waals surface area contributed by atoms with E-state index in [1.165, 1.54) is 0 Å². The molecular weight excluding hydrogens is 220 g/mol. The van der Waals surface area contributed by atoms with Crippen LogP contribution in [0.2, 0.25) is 0 Å². The van der Waals surface area contributed by atoms with Crippen LogP contribution in [0.3, 0.4) is 0 Å². The summed E-state index contributed by atoms with van der Waals surface area (Å²) in [6.45, 7) is 8.67. The Balaban J connectivity index is 1.58. The van der Waals surface area contributed by atoms with Crippen LogP contribution in [0.5, 0.6) is 0 Å². The lowest BCUT2D eigenvalue weighted by atomic mass is 10.3. The maximum atomic E-state index is 11.8. The number of hydrogen-bond acceptors (Lipinski definition) is 4. The molecule has 2 aliphatic rings. The van der Waals surface area contributed by atoms with Gasteiger partial charge in [0.2, 0.25) is 0 Å². The zero-order valence-corrected chi connectivity index (χ0v) is 10.3. The van der Waals surface area contributed by atoms with Crippen molar-refractivity contribution >= 4 is 6.03 Å². The maximum absolute atomic E-state index is 11.8. The van der Waals surface area contributed by atoms with Crippen molar-refractivity contribution in [2.24, 2.45) is 0 Å². The molecule has 0 unspecified atom stereocenters. The molecule has 0 aliphatic carbocycles. The zero-order chi connectivity index (χ0) is 11.9. The summed E-state index contributed by atoms with van der Waals surface area (Å²) in [5.74, 6) is 0. The number of rotatable bonds is 3. The van der Waals surface area contributed by atoms with Gasteiger partial charge in [0.15, 0.2) is 0 Å². The van der Waals surface area contributed by atoms with E-state index in [9.17, 15) is 4.79 Å². The van der Waals surface area contributed by atoms with Crippen LogP contribution in [0.4, 0.5) is 4.79 Å². The number of carbonyl (C=O) groups is 1. The lowest BCUT2D eigenvalue weighted by molar-refractivity contribution is 0.0530. The summed E-state index contributed by atoms with van der Waals surface area (Å²) in [7, 11) is 0. The third kappa shape index (κ3) is 4.14. The van der Waals surface area contributed by atoms with Crippen molar-refractivity contribution in [3.05, 3.63) is 0 Å². The molecule has 0 aromatic heterocycles. The quantitative estimate of drug-likeness (QED) is 0.662. The van der Waals surface area contributed by atoms with E-state index in [0.29, 0.717) is 26.3 Å². The normalized spacial score (nSPS) is 22.5. The first-order chi connectivity index (χ1) is 8.36. The first-order valence-corrected chi connectivity index (χ1v) is 6.40. The molecule has 0 spiro atoms. The number of urea groups is 1. The van der Waals surface area contributed by atoms with Gasteiger partial charge in [0.05, 0.1) is 13.2 Å². The van der Waals surface area contributed by atoms with E-state index < -0.39 is 0 Å². The van der Waals surface area contributed by atoms with Crippen molar-refractivity contribution in [3.63, 3.8) is 0 Å². The van der Waals surface area contributed by atoms with E-state index in [1.807, 2.05) is 4.90 Å². The van der Waals surface area contributed by atoms with E-state index in [2.05, 4.69) is 15.5 Å². The van der Waals surface area contributed by atoms with Crippen molar-refractivity contribution in [1.82, 2.24) is 20.4 Å². The van der Waals surface area contributed by atoms with Gasteiger partial charge in [0.1, 0.15) is 0 Å². The summed E-state index contributed by atoms with van der Waals surface area (Å²) < 4.78 is 5.21. The van der Waals surface area contributed by atoms with Crippen molar-refractivity contribution < 1.29 is 9.53 Å². The van der Waals surface area contributed by atoms with E-state index in [4.69, 9.17) is 4.74 Å². The number of nitrogens with one attached hydrogen (secondary N) is 2. The molecule has 2 aliphatic heterocycles. The van der Waals surface area contributed by atoms with E-state index in [1.54, 1.807) is 0 Å². The van der Waals surface area contributed by atoms with Crippen LogP contribution in [-0.2, 0) is 4.74 Å². The van der Waals surface area contributed by atoms with Crippen LogP contribution in [0.25, 0.3) is 0 Å². The minimum Gasteiger partial charge on any atom is -0.378 e. The summed E-state index contributed by atoms with van der Waals surface area (Å²) in [6, 6.07) is 0.0448. The molecule has 2 N–H and O–H groups in total. The summed E-state index contributed by atoms with van der Waals surface area (Å²) >= 11 is 0. The van der Waals surface area contributed by atoms with Crippen LogP contribution in [0.1, 0.15) is 0 Å². The predicted molar refractivity (Wildman–Crippen MR) is 65.1 cm³/mol. The highest BCUT2D eigenvalue weighted by molar-refractivity contribution is 5.74. The molecule has 0 aromatic carbocycles. The van der Waals surface area contributed by atoms with Gasteiger partial charge in [-0.25, -0.2) is 4.79 Å². The predicted octanol–water partition coefficient (Wildman–Crippen LogP) is -1.07. The standard InChI is InChI=1S/C11H22N4O2/c16-11(15-7-9-17-10-8-15)13-3-6-14-4-1-12-2-5-14/h12H,1-10H2,(H,13,16). The number of morpholine rings is 1. The molecule has 0 radical (unpaired) electrons. The molecule has 2 heterocycles. The average Bonchev–Trinajstić information content (AvgIpc) is 2.41. The fourth-order valence-electron chi connectivity index (χ4n) is 2.13. The molecule has 98 valence electrons. The topological polar surface area (TPSA) is 56.8 Å². The summed E-state index contributed by atoms with van der Waals surface area (Å²) in [5, 5.41) is 6.28. The third-order valence-corrected chi connectivity index (χ3v) is 3.21. The smallest absolute Gasteiger partial charge is 0.317 e. The lowest BCUT2D eigenvalue weighted by Gasteiger charge is -2.29. The number of hydrogen-bond donors (Lipinski definition) is 2. The van der Waals surface area contributed by atoms with Gasteiger partial charge in [0, 0.05) is 52.4 Å². The Bertz CT molecular complexity index is 238. The molecule has 0 bridgehead atoms. The lowest BCUT2D eigenvalue weighted by Crippen LogP contribution is -2.49. The molecule has 0 saturated carbocycles. The van der Waals surface area contributed by atoms with Crippen molar-refractivity contribution in [1.29, 1.82) is 0 Å². The van der Waals surface area contributed by atoms with Gasteiger partial charge >= 0.3 is 6.03 Å². The Morgan fingerprint density at radius 3 is 2.59 bits per heavy atom. The minimum absolute atomic E-state index is 0.0448. The van der Waals surface area contributed by atoms with Gasteiger partial charge in [-0.3, -0.25) is 4.90 Å². The highest BCUT2D eigenvalue weighted by atomic mass is 16.5. The SMILES string of the molecule is O=C(NCCN1CCNCC1)N1CCOCC1. The number of nitrogens with zero attached hydrogens (tertiary/aromatic N) is 2. The van der Waals surface area contributed by atoms with Crippen LogP contribution < -0.4 is 10.6 Å². The molecule has 6 nitrogen and oxygen atoms in total. The van der Waals surface area contributed by atoms with Gasteiger partial charge in [-0.15, -0.1) is 0 Å². The summed E-state index contributed by atoms with van der Waals surface area (Å²) in [4.78, 5) is 16.0. The molecule has 0 atom stereocenters. The monoisotopic (exact) mass is 242 g/mol. The van der Waals surface area contributed by atoms with Crippen molar-refractivity contribution in [2.45, 2.75) is 0 Å². The Labute approximate surface area is 102 Å². The zero-order valence-electron chi connectivity index (χ0n) is 10.3. The fraction of sp³-hybridized carbons (Fsp3) is 0.909.